The number of hydrogen-bond acceptors (Lipinski definition) is 6. The lowest BCUT2D eigenvalue weighted by atomic mass is 9.86. The molecule has 1 amide bonds. The average Bonchev–Trinajstić information content (AvgIpc) is 2.77. The molecule has 0 aromatic heterocycles. The Kier molecular flexibility index (Phi) is 5.66. The summed E-state index contributed by atoms with van der Waals surface area (Å²) in [6.45, 7) is 1.64. The van der Waals surface area contributed by atoms with Crippen LogP contribution in [0.25, 0.3) is 0 Å². The van der Waals surface area contributed by atoms with Crippen molar-refractivity contribution >= 4 is 27.5 Å². The Morgan fingerprint density at radius 3 is 2.52 bits per heavy atom. The summed E-state index contributed by atoms with van der Waals surface area (Å²) in [5.74, 6) is -1.25. The maximum absolute atomic E-state index is 13.0. The summed E-state index contributed by atoms with van der Waals surface area (Å²) in [6.07, 6.45) is 4.16. The molecule has 1 saturated carbocycles. The van der Waals surface area contributed by atoms with E-state index in [0.29, 0.717) is 5.92 Å². The molecule has 2 aliphatic rings. The molecule has 2 unspecified atom stereocenters. The van der Waals surface area contributed by atoms with Crippen LogP contribution in [0.3, 0.4) is 0 Å². The maximum Gasteiger partial charge on any atom is 0.338 e. The fraction of sp³-hybridized carbons (Fsp3) is 0.348. The van der Waals surface area contributed by atoms with E-state index in [1.807, 2.05) is 0 Å². The highest BCUT2D eigenvalue weighted by Crippen LogP contribution is 2.34. The smallest absolute Gasteiger partial charge is 0.338 e. The summed E-state index contributed by atoms with van der Waals surface area (Å²) in [5, 5.41) is 2.90. The van der Waals surface area contributed by atoms with Crippen molar-refractivity contribution in [2.75, 3.05) is 6.61 Å². The number of amides is 1. The standard InChI is InChI=1S/C23H23NO6S/c1-14-6-2-4-8-18(14)24-21(25)13-30-23(27)15-10-11-17-20(12-15)31(28,29)19-9-5-3-7-16(19)22(17)26/h3,5,7,9-12,14,18H,2,4,6,8,13H2,1H3,(H,24,25). The Hall–Kier alpha value is -3.00. The number of benzene rings is 2. The number of rotatable bonds is 4. The van der Waals surface area contributed by atoms with Crippen molar-refractivity contribution in [2.24, 2.45) is 5.92 Å². The van der Waals surface area contributed by atoms with E-state index in [9.17, 15) is 22.8 Å². The lowest BCUT2D eigenvalue weighted by Gasteiger charge is -2.29. The van der Waals surface area contributed by atoms with Crippen molar-refractivity contribution in [2.45, 2.75) is 48.4 Å². The largest absolute Gasteiger partial charge is 0.452 e. The van der Waals surface area contributed by atoms with E-state index >= 15 is 0 Å². The molecule has 0 spiro atoms. The first-order valence-corrected chi connectivity index (χ1v) is 11.8. The van der Waals surface area contributed by atoms with E-state index in [4.69, 9.17) is 4.74 Å². The minimum absolute atomic E-state index is 0.0132. The Morgan fingerprint density at radius 1 is 1.03 bits per heavy atom. The van der Waals surface area contributed by atoms with Crippen molar-refractivity contribution in [3.8, 4) is 0 Å². The monoisotopic (exact) mass is 441 g/mol. The second kappa shape index (κ2) is 8.26. The molecule has 1 heterocycles. The fourth-order valence-corrected chi connectivity index (χ4v) is 5.88. The molecule has 1 fully saturated rings. The van der Waals surface area contributed by atoms with Gasteiger partial charge in [0.25, 0.3) is 5.91 Å². The van der Waals surface area contributed by atoms with E-state index in [-0.39, 0.29) is 38.4 Å². The van der Waals surface area contributed by atoms with Crippen molar-refractivity contribution in [3.05, 3.63) is 59.2 Å². The molecule has 8 heteroatoms. The van der Waals surface area contributed by atoms with Crippen molar-refractivity contribution in [3.63, 3.8) is 0 Å². The van der Waals surface area contributed by atoms with E-state index in [1.165, 1.54) is 24.3 Å². The number of ether oxygens (including phenoxy) is 1. The Morgan fingerprint density at radius 2 is 1.74 bits per heavy atom. The normalized spacial score (nSPS) is 21.5. The highest BCUT2D eigenvalue weighted by molar-refractivity contribution is 7.91. The van der Waals surface area contributed by atoms with Crippen molar-refractivity contribution < 1.29 is 27.5 Å². The van der Waals surface area contributed by atoms with Crippen LogP contribution in [-0.2, 0) is 19.4 Å². The zero-order valence-electron chi connectivity index (χ0n) is 17.1. The number of carbonyl (C=O) groups excluding carboxylic acids is 3. The molecule has 0 radical (unpaired) electrons. The summed E-state index contributed by atoms with van der Waals surface area (Å²) in [5.41, 5.74) is 0.0894. The van der Waals surface area contributed by atoms with E-state index in [0.717, 1.165) is 31.7 Å². The fourth-order valence-electron chi connectivity index (χ4n) is 4.20. The molecule has 162 valence electrons. The molecule has 31 heavy (non-hydrogen) atoms. The lowest BCUT2D eigenvalue weighted by molar-refractivity contribution is -0.125. The summed E-state index contributed by atoms with van der Waals surface area (Å²) in [6, 6.07) is 9.83. The zero-order chi connectivity index (χ0) is 22.2. The SMILES string of the molecule is CC1CCCCC1NC(=O)COC(=O)c1ccc2c(c1)S(=O)(=O)c1ccccc1C2=O. The van der Waals surface area contributed by atoms with Crippen LogP contribution in [0.4, 0.5) is 0 Å². The predicted octanol–water partition coefficient (Wildman–Crippen LogP) is 2.92. The van der Waals surface area contributed by atoms with Gasteiger partial charge < -0.3 is 10.1 Å². The molecule has 1 aliphatic carbocycles. The van der Waals surface area contributed by atoms with Gasteiger partial charge in [0.05, 0.1) is 15.4 Å². The molecule has 2 atom stereocenters. The van der Waals surface area contributed by atoms with Crippen LogP contribution in [0, 0.1) is 5.92 Å². The molecule has 7 nitrogen and oxygen atoms in total. The number of carbonyl (C=O) groups is 3. The number of hydrogen-bond donors (Lipinski definition) is 1. The molecule has 2 aromatic rings. The molecular weight excluding hydrogens is 418 g/mol. The van der Waals surface area contributed by atoms with Crippen LogP contribution in [-0.4, -0.2) is 38.7 Å². The number of sulfone groups is 1. The summed E-state index contributed by atoms with van der Waals surface area (Å²) >= 11 is 0. The van der Waals surface area contributed by atoms with Gasteiger partial charge in [-0.15, -0.1) is 0 Å². The third kappa shape index (κ3) is 3.99. The van der Waals surface area contributed by atoms with Gasteiger partial charge in [-0.3, -0.25) is 9.59 Å². The van der Waals surface area contributed by atoms with Crippen LogP contribution < -0.4 is 5.32 Å². The molecule has 4 rings (SSSR count). The molecule has 0 saturated heterocycles. The highest BCUT2D eigenvalue weighted by Gasteiger charge is 2.35. The van der Waals surface area contributed by atoms with Crippen LogP contribution in [0.15, 0.2) is 52.3 Å². The highest BCUT2D eigenvalue weighted by atomic mass is 32.2. The van der Waals surface area contributed by atoms with E-state index < -0.39 is 28.2 Å². The van der Waals surface area contributed by atoms with Crippen LogP contribution in [0.2, 0.25) is 0 Å². The van der Waals surface area contributed by atoms with E-state index in [2.05, 4.69) is 12.2 Å². The first kappa shape index (κ1) is 21.2. The van der Waals surface area contributed by atoms with Gasteiger partial charge in [0.1, 0.15) is 0 Å². The Labute approximate surface area is 180 Å². The second-order valence-corrected chi connectivity index (χ2v) is 9.94. The van der Waals surface area contributed by atoms with Crippen LogP contribution >= 0.6 is 0 Å². The van der Waals surface area contributed by atoms with Gasteiger partial charge in [-0.05, 0) is 49.1 Å². The third-order valence-electron chi connectivity index (χ3n) is 5.96. The first-order valence-electron chi connectivity index (χ1n) is 10.3. The molecule has 1 N–H and O–H groups in total. The second-order valence-electron chi connectivity index (χ2n) is 8.05. The van der Waals surface area contributed by atoms with Crippen molar-refractivity contribution in [1.82, 2.24) is 5.32 Å². The van der Waals surface area contributed by atoms with Gasteiger partial charge in [0, 0.05) is 17.2 Å². The molecule has 2 aromatic carbocycles. The Balaban J connectivity index is 1.49. The molecule has 1 aliphatic heterocycles. The maximum atomic E-state index is 13.0. The summed E-state index contributed by atoms with van der Waals surface area (Å²) in [7, 11) is -3.95. The Bertz CT molecular complexity index is 1170. The van der Waals surface area contributed by atoms with E-state index in [1.54, 1.807) is 12.1 Å². The van der Waals surface area contributed by atoms with Gasteiger partial charge in [-0.25, -0.2) is 13.2 Å². The predicted molar refractivity (Wildman–Crippen MR) is 112 cm³/mol. The van der Waals surface area contributed by atoms with Gasteiger partial charge in [-0.2, -0.15) is 0 Å². The average molecular weight is 442 g/mol. The van der Waals surface area contributed by atoms with Crippen molar-refractivity contribution in [1.29, 1.82) is 0 Å². The molecular formula is C23H23NO6S. The molecule has 0 bridgehead atoms. The quantitative estimate of drug-likeness (QED) is 0.624. The first-order chi connectivity index (χ1) is 14.8. The number of fused-ring (bicyclic) bond motifs is 2. The summed E-state index contributed by atoms with van der Waals surface area (Å²) in [4.78, 5) is 37.0. The van der Waals surface area contributed by atoms with Crippen LogP contribution in [0.5, 0.6) is 0 Å². The lowest BCUT2D eigenvalue weighted by Crippen LogP contribution is -2.42. The van der Waals surface area contributed by atoms with Crippen LogP contribution in [0.1, 0.15) is 58.9 Å². The minimum atomic E-state index is -3.95. The van der Waals surface area contributed by atoms with Gasteiger partial charge in [0.15, 0.2) is 12.4 Å². The van der Waals surface area contributed by atoms with Gasteiger partial charge >= 0.3 is 5.97 Å². The topological polar surface area (TPSA) is 107 Å². The number of ketones is 1. The number of nitrogens with one attached hydrogen (secondary N) is 1. The third-order valence-corrected chi connectivity index (χ3v) is 7.82. The number of esters is 1. The van der Waals surface area contributed by atoms with Gasteiger partial charge in [-0.1, -0.05) is 31.9 Å². The summed E-state index contributed by atoms with van der Waals surface area (Å²) < 4.78 is 31.0. The van der Waals surface area contributed by atoms with Gasteiger partial charge in [0.2, 0.25) is 9.84 Å². The minimum Gasteiger partial charge on any atom is -0.452 e. The zero-order valence-corrected chi connectivity index (χ0v) is 17.9.